The molecule has 0 atom stereocenters. The highest BCUT2D eigenvalue weighted by molar-refractivity contribution is 7.14. The van der Waals surface area contributed by atoms with Gasteiger partial charge in [0.25, 0.3) is 0 Å². The number of hydrogen-bond donors (Lipinski definition) is 3. The molecule has 1 saturated carbocycles. The van der Waals surface area contributed by atoms with Crippen molar-refractivity contribution in [2.45, 2.75) is 38.5 Å². The molecule has 150 valence electrons. The summed E-state index contributed by atoms with van der Waals surface area (Å²) in [5.74, 6) is 1.15. The molecule has 0 aliphatic heterocycles. The minimum absolute atomic E-state index is 0.0269. The van der Waals surface area contributed by atoms with Gasteiger partial charge < -0.3 is 15.4 Å². The Bertz CT molecular complexity index is 802. The number of urea groups is 1. The molecule has 2 aromatic rings. The standard InChI is InChI=1S/C20H26N4O3S/c1-27-17-10-6-5-9-16(17)23-19(26)24-20-22-15(13-28-20)11-18(25)21-12-14-7-3-2-4-8-14/h5-6,9-10,13-14H,2-4,7-8,11-12H2,1H3,(H,21,25)(H2,22,23,24,26). The van der Waals surface area contributed by atoms with Crippen molar-refractivity contribution in [2.75, 3.05) is 24.3 Å². The summed E-state index contributed by atoms with van der Waals surface area (Å²) < 4.78 is 5.21. The maximum Gasteiger partial charge on any atom is 0.325 e. The third kappa shape index (κ3) is 5.95. The molecule has 0 radical (unpaired) electrons. The summed E-state index contributed by atoms with van der Waals surface area (Å²) in [6.07, 6.45) is 6.46. The van der Waals surface area contributed by atoms with E-state index in [0.717, 1.165) is 6.54 Å². The van der Waals surface area contributed by atoms with Crippen LogP contribution in [-0.4, -0.2) is 30.6 Å². The molecule has 1 heterocycles. The zero-order chi connectivity index (χ0) is 19.8. The monoisotopic (exact) mass is 402 g/mol. The van der Waals surface area contributed by atoms with E-state index in [1.807, 2.05) is 12.1 Å². The Balaban J connectivity index is 1.45. The fraction of sp³-hybridized carbons (Fsp3) is 0.450. The zero-order valence-electron chi connectivity index (χ0n) is 16.0. The van der Waals surface area contributed by atoms with E-state index in [2.05, 4.69) is 20.9 Å². The number of aromatic nitrogens is 1. The summed E-state index contributed by atoms with van der Waals surface area (Å²) in [5.41, 5.74) is 1.22. The summed E-state index contributed by atoms with van der Waals surface area (Å²) in [6, 6.07) is 6.75. The van der Waals surface area contributed by atoms with Crippen LogP contribution in [0, 0.1) is 5.92 Å². The maximum absolute atomic E-state index is 12.2. The Morgan fingerprint density at radius 1 is 1.18 bits per heavy atom. The number of para-hydroxylation sites is 2. The summed E-state index contributed by atoms with van der Waals surface area (Å²) in [4.78, 5) is 28.6. The molecule has 7 nitrogen and oxygen atoms in total. The number of rotatable bonds is 7. The first-order chi connectivity index (χ1) is 13.6. The summed E-state index contributed by atoms with van der Waals surface area (Å²) in [6.45, 7) is 0.745. The van der Waals surface area contributed by atoms with Crippen molar-refractivity contribution >= 4 is 34.1 Å². The number of methoxy groups -OCH3 is 1. The predicted molar refractivity (Wildman–Crippen MR) is 111 cm³/mol. The van der Waals surface area contributed by atoms with E-state index in [1.54, 1.807) is 24.6 Å². The molecule has 0 saturated heterocycles. The molecule has 3 amide bonds. The molecule has 8 heteroatoms. The van der Waals surface area contributed by atoms with E-state index in [-0.39, 0.29) is 12.3 Å². The van der Waals surface area contributed by atoms with Gasteiger partial charge in [0.2, 0.25) is 5.91 Å². The lowest BCUT2D eigenvalue weighted by Crippen LogP contribution is -2.31. The SMILES string of the molecule is COc1ccccc1NC(=O)Nc1nc(CC(=O)NCC2CCCCC2)cs1. The van der Waals surface area contributed by atoms with Crippen LogP contribution in [0.4, 0.5) is 15.6 Å². The van der Waals surface area contributed by atoms with Crippen LogP contribution in [0.1, 0.15) is 37.8 Å². The number of nitrogens with zero attached hydrogens (tertiary/aromatic N) is 1. The van der Waals surface area contributed by atoms with Crippen molar-refractivity contribution < 1.29 is 14.3 Å². The summed E-state index contributed by atoms with van der Waals surface area (Å²) in [5, 5.41) is 10.7. The molecule has 3 N–H and O–H groups in total. The van der Waals surface area contributed by atoms with Gasteiger partial charge in [0.05, 0.1) is 24.9 Å². The second-order valence-electron chi connectivity index (χ2n) is 6.91. The third-order valence-electron chi connectivity index (χ3n) is 4.78. The molecule has 1 aromatic heterocycles. The van der Waals surface area contributed by atoms with Gasteiger partial charge in [-0.15, -0.1) is 11.3 Å². The van der Waals surface area contributed by atoms with E-state index in [0.29, 0.717) is 28.2 Å². The summed E-state index contributed by atoms with van der Waals surface area (Å²) in [7, 11) is 1.55. The average Bonchev–Trinajstić information content (AvgIpc) is 3.14. The lowest BCUT2D eigenvalue weighted by Gasteiger charge is -2.21. The van der Waals surface area contributed by atoms with Gasteiger partial charge in [0.15, 0.2) is 5.13 Å². The molecule has 1 aliphatic carbocycles. The van der Waals surface area contributed by atoms with Crippen molar-refractivity contribution in [1.82, 2.24) is 10.3 Å². The Morgan fingerprint density at radius 3 is 2.75 bits per heavy atom. The van der Waals surface area contributed by atoms with Crippen LogP contribution in [0.2, 0.25) is 0 Å². The van der Waals surface area contributed by atoms with Crippen molar-refractivity contribution in [3.8, 4) is 5.75 Å². The van der Waals surface area contributed by atoms with Crippen LogP contribution < -0.4 is 20.7 Å². The molecular weight excluding hydrogens is 376 g/mol. The number of anilines is 2. The largest absolute Gasteiger partial charge is 0.495 e. The van der Waals surface area contributed by atoms with Gasteiger partial charge in [-0.25, -0.2) is 9.78 Å². The number of amides is 3. The minimum atomic E-state index is -0.410. The van der Waals surface area contributed by atoms with Gasteiger partial charge in [-0.05, 0) is 30.9 Å². The minimum Gasteiger partial charge on any atom is -0.495 e. The van der Waals surface area contributed by atoms with Crippen molar-refractivity contribution in [1.29, 1.82) is 0 Å². The molecule has 0 bridgehead atoms. The topological polar surface area (TPSA) is 92.3 Å². The molecule has 0 spiro atoms. The lowest BCUT2D eigenvalue weighted by molar-refractivity contribution is -0.120. The molecule has 28 heavy (non-hydrogen) atoms. The number of ether oxygens (including phenoxy) is 1. The van der Waals surface area contributed by atoms with Crippen LogP contribution in [0.25, 0.3) is 0 Å². The van der Waals surface area contributed by atoms with Gasteiger partial charge in [-0.1, -0.05) is 31.4 Å². The number of carbonyl (C=O) groups excluding carboxylic acids is 2. The maximum atomic E-state index is 12.2. The number of benzene rings is 1. The Labute approximate surface area is 168 Å². The number of hydrogen-bond acceptors (Lipinski definition) is 5. The predicted octanol–water partition coefficient (Wildman–Crippen LogP) is 4.03. The lowest BCUT2D eigenvalue weighted by atomic mass is 9.89. The van der Waals surface area contributed by atoms with E-state index in [1.165, 1.54) is 43.4 Å². The first kappa shape index (κ1) is 20.1. The van der Waals surface area contributed by atoms with E-state index < -0.39 is 6.03 Å². The number of nitrogens with one attached hydrogen (secondary N) is 3. The third-order valence-corrected chi connectivity index (χ3v) is 5.59. The zero-order valence-corrected chi connectivity index (χ0v) is 16.8. The van der Waals surface area contributed by atoms with Crippen molar-refractivity contribution in [3.63, 3.8) is 0 Å². The van der Waals surface area contributed by atoms with Crippen LogP contribution in [-0.2, 0) is 11.2 Å². The Hall–Kier alpha value is -2.61. The van der Waals surface area contributed by atoms with E-state index in [4.69, 9.17) is 4.74 Å². The first-order valence-corrected chi connectivity index (χ1v) is 10.4. The average molecular weight is 403 g/mol. The van der Waals surface area contributed by atoms with Gasteiger partial charge in [-0.2, -0.15) is 0 Å². The molecule has 1 fully saturated rings. The quantitative estimate of drug-likeness (QED) is 0.652. The highest BCUT2D eigenvalue weighted by atomic mass is 32.1. The highest BCUT2D eigenvalue weighted by Gasteiger charge is 2.15. The van der Waals surface area contributed by atoms with Crippen molar-refractivity contribution in [2.24, 2.45) is 5.92 Å². The van der Waals surface area contributed by atoms with Gasteiger partial charge in [0, 0.05) is 11.9 Å². The van der Waals surface area contributed by atoms with Crippen molar-refractivity contribution in [3.05, 3.63) is 35.3 Å². The number of carbonyl (C=O) groups is 2. The molecule has 0 unspecified atom stereocenters. The first-order valence-electron chi connectivity index (χ1n) is 9.56. The van der Waals surface area contributed by atoms with Gasteiger partial charge >= 0.3 is 6.03 Å². The fourth-order valence-electron chi connectivity index (χ4n) is 3.32. The van der Waals surface area contributed by atoms with Crippen LogP contribution in [0.15, 0.2) is 29.6 Å². The molecule has 3 rings (SSSR count). The summed E-state index contributed by atoms with van der Waals surface area (Å²) >= 11 is 1.29. The van der Waals surface area contributed by atoms with Gasteiger partial charge in [0.1, 0.15) is 5.75 Å². The van der Waals surface area contributed by atoms with Crippen LogP contribution >= 0.6 is 11.3 Å². The second kappa shape index (κ2) is 10.1. The Kier molecular flexibility index (Phi) is 7.25. The fourth-order valence-corrected chi connectivity index (χ4v) is 4.03. The smallest absolute Gasteiger partial charge is 0.325 e. The molecule has 1 aromatic carbocycles. The second-order valence-corrected chi connectivity index (χ2v) is 7.77. The molecular formula is C20H26N4O3S. The Morgan fingerprint density at radius 2 is 1.96 bits per heavy atom. The van der Waals surface area contributed by atoms with E-state index in [9.17, 15) is 9.59 Å². The molecule has 1 aliphatic rings. The van der Waals surface area contributed by atoms with Crippen LogP contribution in [0.3, 0.4) is 0 Å². The highest BCUT2D eigenvalue weighted by Crippen LogP contribution is 2.24. The normalized spacial score (nSPS) is 14.3. The van der Waals surface area contributed by atoms with Gasteiger partial charge in [-0.3, -0.25) is 10.1 Å². The number of thiazole rings is 1. The van der Waals surface area contributed by atoms with Crippen LogP contribution in [0.5, 0.6) is 5.75 Å². The van der Waals surface area contributed by atoms with E-state index >= 15 is 0 Å².